The van der Waals surface area contributed by atoms with Crippen LogP contribution >= 0.6 is 0 Å². The molecule has 0 fully saturated rings. The first-order valence-corrected chi connectivity index (χ1v) is 7.61. The van der Waals surface area contributed by atoms with Crippen LogP contribution in [0, 0.1) is 0 Å². The molecule has 114 valence electrons. The van der Waals surface area contributed by atoms with Gasteiger partial charge in [-0.1, -0.05) is 6.92 Å². The number of hydrogen-bond acceptors (Lipinski definition) is 4. The summed E-state index contributed by atoms with van der Waals surface area (Å²) in [5.41, 5.74) is 0.354. The second-order valence-electron chi connectivity index (χ2n) is 4.29. The highest BCUT2D eigenvalue weighted by Crippen LogP contribution is 2.17. The van der Waals surface area contributed by atoms with Gasteiger partial charge in [-0.3, -0.25) is 0 Å². The highest BCUT2D eigenvalue weighted by molar-refractivity contribution is 7.89. The number of halogens is 2. The molecule has 1 rings (SSSR count). The minimum atomic E-state index is -3.55. The smallest absolute Gasteiger partial charge is 0.287 e. The van der Waals surface area contributed by atoms with Crippen LogP contribution in [0.1, 0.15) is 13.3 Å². The molecule has 0 spiro atoms. The lowest BCUT2D eigenvalue weighted by molar-refractivity contribution is -0.0372. The predicted octanol–water partition coefficient (Wildman–Crippen LogP) is 1.41. The van der Waals surface area contributed by atoms with Gasteiger partial charge in [-0.2, -0.15) is 0 Å². The van der Waals surface area contributed by atoms with Crippen molar-refractivity contribution in [2.45, 2.75) is 24.2 Å². The van der Waals surface area contributed by atoms with Crippen molar-refractivity contribution in [2.24, 2.45) is 0 Å². The number of anilines is 1. The number of aliphatic hydroxyl groups is 1. The molecule has 0 atom stereocenters. The SMILES string of the molecule is CCCNS(=O)(=O)c1ccc(NCC(F)(F)CO)cc1. The van der Waals surface area contributed by atoms with Gasteiger partial charge in [-0.15, -0.1) is 0 Å². The van der Waals surface area contributed by atoms with E-state index in [1.165, 1.54) is 24.3 Å². The Hall–Kier alpha value is -1.25. The summed E-state index contributed by atoms with van der Waals surface area (Å²) in [4.78, 5) is 0.0745. The summed E-state index contributed by atoms with van der Waals surface area (Å²) in [6.45, 7) is 0.221. The summed E-state index contributed by atoms with van der Waals surface area (Å²) < 4.78 is 51.6. The average Bonchev–Trinajstić information content (AvgIpc) is 2.43. The maximum absolute atomic E-state index is 12.8. The highest BCUT2D eigenvalue weighted by Gasteiger charge is 2.27. The Kier molecular flexibility index (Phi) is 5.85. The third kappa shape index (κ3) is 5.03. The fourth-order valence-electron chi connectivity index (χ4n) is 1.36. The van der Waals surface area contributed by atoms with Crippen molar-refractivity contribution < 1.29 is 22.3 Å². The van der Waals surface area contributed by atoms with Gasteiger partial charge in [0.1, 0.15) is 6.61 Å². The monoisotopic (exact) mass is 308 g/mol. The van der Waals surface area contributed by atoms with E-state index in [-0.39, 0.29) is 4.90 Å². The van der Waals surface area contributed by atoms with Crippen LogP contribution < -0.4 is 10.0 Å². The summed E-state index contributed by atoms with van der Waals surface area (Å²) in [5, 5.41) is 10.9. The molecule has 0 heterocycles. The summed E-state index contributed by atoms with van der Waals surface area (Å²) in [6.07, 6.45) is 0.676. The number of nitrogens with one attached hydrogen (secondary N) is 2. The second-order valence-corrected chi connectivity index (χ2v) is 6.06. The third-order valence-electron chi connectivity index (χ3n) is 2.49. The molecule has 0 aliphatic rings. The topological polar surface area (TPSA) is 78.4 Å². The number of benzene rings is 1. The van der Waals surface area contributed by atoms with Gasteiger partial charge in [0.15, 0.2) is 0 Å². The molecular weight excluding hydrogens is 290 g/mol. The van der Waals surface area contributed by atoms with Crippen LogP contribution in [0.5, 0.6) is 0 Å². The molecule has 0 aliphatic heterocycles. The number of hydrogen-bond donors (Lipinski definition) is 3. The molecule has 1 aromatic rings. The molecule has 0 radical (unpaired) electrons. The average molecular weight is 308 g/mol. The van der Waals surface area contributed by atoms with Crippen LogP contribution in [0.15, 0.2) is 29.2 Å². The third-order valence-corrected chi connectivity index (χ3v) is 3.97. The molecule has 0 aliphatic carbocycles. The van der Waals surface area contributed by atoms with Crippen LogP contribution in [0.3, 0.4) is 0 Å². The molecule has 0 aromatic heterocycles. The van der Waals surface area contributed by atoms with Crippen molar-refractivity contribution in [1.29, 1.82) is 0 Å². The van der Waals surface area contributed by atoms with Gasteiger partial charge in [-0.25, -0.2) is 21.9 Å². The molecule has 3 N–H and O–H groups in total. The zero-order valence-corrected chi connectivity index (χ0v) is 11.9. The van der Waals surface area contributed by atoms with E-state index in [1.807, 2.05) is 6.92 Å². The van der Waals surface area contributed by atoms with E-state index in [0.29, 0.717) is 18.7 Å². The maximum Gasteiger partial charge on any atom is 0.287 e. The molecule has 5 nitrogen and oxygen atoms in total. The highest BCUT2D eigenvalue weighted by atomic mass is 32.2. The summed E-state index contributed by atoms with van der Waals surface area (Å²) in [6, 6.07) is 5.46. The normalized spacial score (nSPS) is 12.4. The van der Waals surface area contributed by atoms with Crippen LogP contribution in [-0.2, 0) is 10.0 Å². The first-order chi connectivity index (χ1) is 9.30. The summed E-state index contributed by atoms with van der Waals surface area (Å²) >= 11 is 0. The van der Waals surface area contributed by atoms with E-state index in [4.69, 9.17) is 5.11 Å². The van der Waals surface area contributed by atoms with Crippen LogP contribution in [-0.4, -0.2) is 39.1 Å². The molecule has 0 saturated heterocycles. The van der Waals surface area contributed by atoms with Crippen molar-refractivity contribution >= 4 is 15.7 Å². The number of alkyl halides is 2. The molecule has 1 aromatic carbocycles. The summed E-state index contributed by atoms with van der Waals surface area (Å²) in [7, 11) is -3.55. The van der Waals surface area contributed by atoms with Crippen molar-refractivity contribution in [1.82, 2.24) is 4.72 Å². The van der Waals surface area contributed by atoms with Gasteiger partial charge < -0.3 is 10.4 Å². The Labute approximate surface area is 117 Å². The minimum Gasteiger partial charge on any atom is -0.390 e. The molecule has 20 heavy (non-hydrogen) atoms. The Morgan fingerprint density at radius 1 is 1.25 bits per heavy atom. The molecular formula is C12H18F2N2O3S. The zero-order valence-electron chi connectivity index (χ0n) is 11.1. The first kappa shape index (κ1) is 16.8. The molecule has 0 amide bonds. The van der Waals surface area contributed by atoms with Crippen molar-refractivity contribution in [3.63, 3.8) is 0 Å². The van der Waals surface area contributed by atoms with Gasteiger partial charge in [0.05, 0.1) is 11.4 Å². The Morgan fingerprint density at radius 3 is 2.35 bits per heavy atom. The lowest BCUT2D eigenvalue weighted by Gasteiger charge is -2.15. The van der Waals surface area contributed by atoms with Crippen molar-refractivity contribution in [3.8, 4) is 0 Å². The van der Waals surface area contributed by atoms with E-state index in [0.717, 1.165) is 0 Å². The second kappa shape index (κ2) is 6.96. The lowest BCUT2D eigenvalue weighted by atomic mass is 10.3. The van der Waals surface area contributed by atoms with E-state index >= 15 is 0 Å². The number of rotatable bonds is 8. The number of sulfonamides is 1. The predicted molar refractivity (Wildman–Crippen MR) is 72.4 cm³/mol. The Bertz CT molecular complexity index is 518. The van der Waals surface area contributed by atoms with Crippen LogP contribution in [0.4, 0.5) is 14.5 Å². The Morgan fingerprint density at radius 2 is 1.85 bits per heavy atom. The lowest BCUT2D eigenvalue weighted by Crippen LogP contribution is -2.31. The van der Waals surface area contributed by atoms with Gasteiger partial charge in [0.2, 0.25) is 10.0 Å². The van der Waals surface area contributed by atoms with Crippen LogP contribution in [0.25, 0.3) is 0 Å². The van der Waals surface area contributed by atoms with Crippen LogP contribution in [0.2, 0.25) is 0 Å². The molecule has 0 saturated carbocycles. The Balaban J connectivity index is 2.69. The van der Waals surface area contributed by atoms with Gasteiger partial charge in [0.25, 0.3) is 5.92 Å². The molecule has 8 heteroatoms. The van der Waals surface area contributed by atoms with E-state index in [9.17, 15) is 17.2 Å². The molecule has 0 bridgehead atoms. The van der Waals surface area contributed by atoms with E-state index in [1.54, 1.807) is 0 Å². The summed E-state index contributed by atoms with van der Waals surface area (Å²) in [5.74, 6) is -3.21. The van der Waals surface area contributed by atoms with Gasteiger partial charge >= 0.3 is 0 Å². The minimum absolute atomic E-state index is 0.0745. The van der Waals surface area contributed by atoms with Crippen molar-refractivity contribution in [3.05, 3.63) is 24.3 Å². The largest absolute Gasteiger partial charge is 0.390 e. The van der Waals surface area contributed by atoms with Crippen molar-refractivity contribution in [2.75, 3.05) is 25.0 Å². The van der Waals surface area contributed by atoms with Gasteiger partial charge in [-0.05, 0) is 30.7 Å². The fraction of sp³-hybridized carbons (Fsp3) is 0.500. The van der Waals surface area contributed by atoms with Gasteiger partial charge in [0, 0.05) is 12.2 Å². The maximum atomic E-state index is 12.8. The zero-order chi connectivity index (χ0) is 15.2. The molecule has 0 unspecified atom stereocenters. The van der Waals surface area contributed by atoms with E-state index in [2.05, 4.69) is 10.0 Å². The standard InChI is InChI=1S/C12H18F2N2O3S/c1-2-7-16-20(18,19)11-5-3-10(4-6-11)15-8-12(13,14)9-17/h3-6,15-17H,2,7-9H2,1H3. The quantitative estimate of drug-likeness (QED) is 0.678. The first-order valence-electron chi connectivity index (χ1n) is 6.13. The fourth-order valence-corrected chi connectivity index (χ4v) is 2.49. The number of aliphatic hydroxyl groups excluding tert-OH is 1. The van der Waals surface area contributed by atoms with E-state index < -0.39 is 29.1 Å².